The minimum absolute atomic E-state index is 0.0331. The summed E-state index contributed by atoms with van der Waals surface area (Å²) in [4.78, 5) is 0. The van der Waals surface area contributed by atoms with Gasteiger partial charge in [-0.3, -0.25) is 0 Å². The number of hydrogen-bond acceptors (Lipinski definition) is 2. The molecule has 17 heavy (non-hydrogen) atoms. The van der Waals surface area contributed by atoms with Crippen molar-refractivity contribution in [2.45, 2.75) is 13.0 Å². The van der Waals surface area contributed by atoms with Crippen LogP contribution in [0.1, 0.15) is 17.2 Å². The molecule has 0 heterocycles. The molecule has 0 radical (unpaired) electrons. The lowest BCUT2D eigenvalue weighted by atomic mass is 10.1. The predicted octanol–water partition coefficient (Wildman–Crippen LogP) is 2.64. The van der Waals surface area contributed by atoms with Crippen LogP contribution in [0.5, 0.6) is 0 Å². The van der Waals surface area contributed by atoms with Crippen molar-refractivity contribution in [1.29, 1.82) is 0 Å². The van der Waals surface area contributed by atoms with Gasteiger partial charge in [0.05, 0.1) is 6.04 Å². The van der Waals surface area contributed by atoms with Gasteiger partial charge in [-0.1, -0.05) is 54.3 Å². The van der Waals surface area contributed by atoms with Gasteiger partial charge in [0.25, 0.3) is 0 Å². The molecule has 6 heteroatoms. The highest BCUT2D eigenvalue weighted by atomic mass is 32.1. The fraction of sp³-hybridized carbons (Fsp3) is 0.273. The Morgan fingerprint density at radius 2 is 1.76 bits per heavy atom. The van der Waals surface area contributed by atoms with Crippen molar-refractivity contribution in [3.8, 4) is 0 Å². The molecular formula is C11H14N2S4. The second kappa shape index (κ2) is 7.20. The third-order valence-electron chi connectivity index (χ3n) is 2.23. The van der Waals surface area contributed by atoms with Gasteiger partial charge in [0, 0.05) is 6.54 Å². The highest BCUT2D eigenvalue weighted by molar-refractivity contribution is 8.11. The minimum atomic E-state index is 0.0331. The fourth-order valence-corrected chi connectivity index (χ4v) is 1.86. The van der Waals surface area contributed by atoms with Crippen molar-refractivity contribution in [3.05, 3.63) is 35.4 Å². The lowest BCUT2D eigenvalue weighted by molar-refractivity contribution is 0.637. The quantitative estimate of drug-likeness (QED) is 0.507. The van der Waals surface area contributed by atoms with Gasteiger partial charge in [0.2, 0.25) is 0 Å². The van der Waals surface area contributed by atoms with Crippen LogP contribution in [0.2, 0.25) is 0 Å². The zero-order valence-electron chi connectivity index (χ0n) is 9.30. The van der Waals surface area contributed by atoms with E-state index in [0.29, 0.717) is 15.2 Å². The molecule has 0 fully saturated rings. The second-order valence-corrected chi connectivity index (χ2v) is 5.91. The number of thiocarbonyl (C=S) groups is 2. The maximum Gasteiger partial charge on any atom is 0.131 e. The molecule has 0 aromatic heterocycles. The molecule has 0 amide bonds. The molecule has 0 saturated carbocycles. The summed E-state index contributed by atoms with van der Waals surface area (Å²) in [6.07, 6.45) is 0. The molecule has 92 valence electrons. The Kier molecular flexibility index (Phi) is 6.26. The van der Waals surface area contributed by atoms with E-state index in [-0.39, 0.29) is 6.04 Å². The number of hydrogen-bond donors (Lipinski definition) is 4. The van der Waals surface area contributed by atoms with Crippen LogP contribution in [0, 0.1) is 6.92 Å². The molecule has 1 atom stereocenters. The number of benzene rings is 1. The van der Waals surface area contributed by atoms with E-state index in [2.05, 4.69) is 67.1 Å². The lowest BCUT2D eigenvalue weighted by Gasteiger charge is -2.20. The first kappa shape index (κ1) is 14.8. The van der Waals surface area contributed by atoms with Crippen molar-refractivity contribution in [3.63, 3.8) is 0 Å². The van der Waals surface area contributed by atoms with Gasteiger partial charge in [0.1, 0.15) is 8.64 Å². The van der Waals surface area contributed by atoms with Gasteiger partial charge in [0.15, 0.2) is 0 Å². The van der Waals surface area contributed by atoms with Crippen LogP contribution in [-0.2, 0) is 0 Å². The summed E-state index contributed by atoms with van der Waals surface area (Å²) in [6.45, 7) is 2.67. The van der Waals surface area contributed by atoms with Gasteiger partial charge in [-0.05, 0) is 12.5 Å². The highest BCUT2D eigenvalue weighted by Gasteiger charge is 2.11. The average molecular weight is 303 g/mol. The van der Waals surface area contributed by atoms with Crippen LogP contribution >= 0.6 is 49.7 Å². The Morgan fingerprint density at radius 3 is 2.24 bits per heavy atom. The Bertz CT molecular complexity index is 402. The summed E-state index contributed by atoms with van der Waals surface area (Å²) in [5.74, 6) is 0. The van der Waals surface area contributed by atoms with Gasteiger partial charge in [-0.15, -0.1) is 25.3 Å². The van der Waals surface area contributed by atoms with Crippen molar-refractivity contribution in [2.24, 2.45) is 0 Å². The van der Waals surface area contributed by atoms with E-state index in [1.54, 1.807) is 0 Å². The van der Waals surface area contributed by atoms with Gasteiger partial charge >= 0.3 is 0 Å². The zero-order valence-corrected chi connectivity index (χ0v) is 12.7. The molecule has 1 aromatic rings. The van der Waals surface area contributed by atoms with Gasteiger partial charge in [-0.25, -0.2) is 0 Å². The average Bonchev–Trinajstić information content (AvgIpc) is 2.25. The predicted molar refractivity (Wildman–Crippen MR) is 88.2 cm³/mol. The maximum atomic E-state index is 4.95. The Morgan fingerprint density at radius 1 is 1.18 bits per heavy atom. The van der Waals surface area contributed by atoms with Crippen LogP contribution in [0.3, 0.4) is 0 Å². The first-order chi connectivity index (χ1) is 7.99. The third kappa shape index (κ3) is 5.72. The molecule has 0 spiro atoms. The first-order valence-electron chi connectivity index (χ1n) is 5.02. The SMILES string of the molecule is Cc1ccc(C(CNC(=S)S)NC(=S)S)cc1. The largest absolute Gasteiger partial charge is 0.369 e. The molecule has 0 aliphatic carbocycles. The van der Waals surface area contributed by atoms with Crippen LogP contribution in [0.25, 0.3) is 0 Å². The van der Waals surface area contributed by atoms with E-state index in [1.165, 1.54) is 5.56 Å². The summed E-state index contributed by atoms with van der Waals surface area (Å²) in [6, 6.07) is 8.27. The van der Waals surface area contributed by atoms with Crippen molar-refractivity contribution < 1.29 is 0 Å². The molecule has 1 rings (SSSR count). The topological polar surface area (TPSA) is 24.1 Å². The number of aryl methyl sites for hydroxylation is 1. The van der Waals surface area contributed by atoms with E-state index < -0.39 is 0 Å². The minimum Gasteiger partial charge on any atom is -0.369 e. The molecule has 0 aliphatic heterocycles. The van der Waals surface area contributed by atoms with Crippen LogP contribution in [0.4, 0.5) is 0 Å². The van der Waals surface area contributed by atoms with E-state index in [0.717, 1.165) is 5.56 Å². The summed E-state index contributed by atoms with van der Waals surface area (Å²) in [5, 5.41) is 6.11. The van der Waals surface area contributed by atoms with Crippen LogP contribution < -0.4 is 10.6 Å². The van der Waals surface area contributed by atoms with Crippen molar-refractivity contribution in [1.82, 2.24) is 10.6 Å². The van der Waals surface area contributed by atoms with E-state index >= 15 is 0 Å². The maximum absolute atomic E-state index is 4.95. The van der Waals surface area contributed by atoms with Crippen LogP contribution in [-0.4, -0.2) is 15.2 Å². The van der Waals surface area contributed by atoms with E-state index in [4.69, 9.17) is 24.4 Å². The fourth-order valence-electron chi connectivity index (χ4n) is 1.39. The monoisotopic (exact) mass is 302 g/mol. The smallest absolute Gasteiger partial charge is 0.131 e. The Labute approximate surface area is 123 Å². The number of thiol groups is 2. The lowest BCUT2D eigenvalue weighted by Crippen LogP contribution is -2.33. The zero-order chi connectivity index (χ0) is 12.8. The van der Waals surface area contributed by atoms with Gasteiger partial charge in [-0.2, -0.15) is 0 Å². The number of rotatable bonds is 4. The van der Waals surface area contributed by atoms with E-state index in [9.17, 15) is 0 Å². The standard InChI is InChI=1S/C11H14N2S4/c1-7-2-4-8(5-3-7)9(13-11(16)17)6-12-10(14)15/h2-5,9H,6H2,1H3,(H2,12,14,15)(H2,13,16,17). The van der Waals surface area contributed by atoms with Crippen molar-refractivity contribution in [2.75, 3.05) is 6.54 Å². The van der Waals surface area contributed by atoms with Crippen LogP contribution in [0.15, 0.2) is 24.3 Å². The molecule has 0 saturated heterocycles. The Hall–Kier alpha value is -0.300. The molecular weight excluding hydrogens is 288 g/mol. The van der Waals surface area contributed by atoms with Gasteiger partial charge < -0.3 is 10.6 Å². The normalized spacial score (nSPS) is 11.7. The highest BCUT2D eigenvalue weighted by Crippen LogP contribution is 2.14. The molecule has 2 nitrogen and oxygen atoms in total. The first-order valence-corrected chi connectivity index (χ1v) is 6.73. The molecule has 1 unspecified atom stereocenters. The summed E-state index contributed by atoms with van der Waals surface area (Å²) >= 11 is 17.9. The second-order valence-electron chi connectivity index (χ2n) is 3.60. The van der Waals surface area contributed by atoms with Crippen molar-refractivity contribution >= 4 is 58.3 Å². The molecule has 1 aromatic carbocycles. The summed E-state index contributed by atoms with van der Waals surface area (Å²) in [5.41, 5.74) is 2.35. The summed E-state index contributed by atoms with van der Waals surface area (Å²) < 4.78 is 0.927. The summed E-state index contributed by atoms with van der Waals surface area (Å²) in [7, 11) is 0. The molecule has 0 bridgehead atoms. The molecule has 0 aliphatic rings. The number of nitrogens with one attached hydrogen (secondary N) is 2. The third-order valence-corrected chi connectivity index (χ3v) is 2.78. The molecule has 2 N–H and O–H groups in total. The van der Waals surface area contributed by atoms with E-state index in [1.807, 2.05) is 0 Å². The Balaban J connectivity index is 2.77.